The van der Waals surface area contributed by atoms with Gasteiger partial charge < -0.3 is 4.43 Å². The molecule has 0 aromatic heterocycles. The van der Waals surface area contributed by atoms with E-state index in [-0.39, 0.29) is 0 Å². The molecule has 2 heteroatoms. The first kappa shape index (κ1) is 20.0. The molecule has 0 unspecified atom stereocenters. The zero-order valence-corrected chi connectivity index (χ0v) is 18.7. The number of fused-ring (bicyclic) bond motifs is 1. The van der Waals surface area contributed by atoms with Crippen LogP contribution in [0.15, 0.2) is 134 Å². The molecule has 0 bridgehead atoms. The lowest BCUT2D eigenvalue weighted by atomic mass is 10.00. The Balaban J connectivity index is 1.39. The van der Waals surface area contributed by atoms with Gasteiger partial charge in [0.1, 0.15) is 5.76 Å². The van der Waals surface area contributed by atoms with Crippen molar-refractivity contribution in [3.05, 3.63) is 140 Å². The molecular formula is C30H23OSi. The summed E-state index contributed by atoms with van der Waals surface area (Å²) in [4.78, 5) is 0. The van der Waals surface area contributed by atoms with E-state index in [0.29, 0.717) is 5.76 Å². The summed E-state index contributed by atoms with van der Waals surface area (Å²) in [5.41, 5.74) is 3.40. The predicted molar refractivity (Wildman–Crippen MR) is 137 cm³/mol. The van der Waals surface area contributed by atoms with Crippen LogP contribution >= 0.6 is 0 Å². The number of hydrogen-bond donors (Lipinski definition) is 0. The van der Waals surface area contributed by atoms with Crippen molar-refractivity contribution in [1.29, 1.82) is 0 Å². The highest BCUT2D eigenvalue weighted by Crippen LogP contribution is 2.26. The maximum atomic E-state index is 6.52. The normalized spacial score (nSPS) is 10.9. The third-order valence-electron chi connectivity index (χ3n) is 5.59. The molecule has 0 aliphatic rings. The number of benzene rings is 5. The predicted octanol–water partition coefficient (Wildman–Crippen LogP) is 6.30. The average Bonchev–Trinajstić information content (AvgIpc) is 2.88. The molecule has 0 saturated carbocycles. The molecule has 0 atom stereocenters. The van der Waals surface area contributed by atoms with Gasteiger partial charge in [-0.15, -0.1) is 0 Å². The van der Waals surface area contributed by atoms with Crippen molar-refractivity contribution in [2.75, 3.05) is 0 Å². The van der Waals surface area contributed by atoms with E-state index in [1.807, 2.05) is 12.1 Å². The largest absolute Gasteiger partial charge is 0.533 e. The van der Waals surface area contributed by atoms with Crippen LogP contribution in [0.25, 0.3) is 27.7 Å². The SMILES string of the molecule is C=C(O[Si](c1ccccc1)c1ccccc1)c1ccc(-c2ccc3ccccc3c2)cc1. The molecule has 0 amide bonds. The molecule has 0 fully saturated rings. The van der Waals surface area contributed by atoms with Crippen LogP contribution in [-0.2, 0) is 4.43 Å². The van der Waals surface area contributed by atoms with Gasteiger partial charge in [-0.3, -0.25) is 0 Å². The van der Waals surface area contributed by atoms with Crippen LogP contribution in [-0.4, -0.2) is 9.04 Å². The molecule has 0 saturated heterocycles. The minimum atomic E-state index is -1.43. The van der Waals surface area contributed by atoms with Gasteiger partial charge in [0.15, 0.2) is 0 Å². The second-order valence-electron chi connectivity index (χ2n) is 7.73. The fourth-order valence-electron chi connectivity index (χ4n) is 3.86. The van der Waals surface area contributed by atoms with Crippen molar-refractivity contribution >= 4 is 35.9 Å². The van der Waals surface area contributed by atoms with Gasteiger partial charge in [0.05, 0.1) is 0 Å². The van der Waals surface area contributed by atoms with Crippen LogP contribution in [0.1, 0.15) is 5.56 Å². The molecule has 5 aromatic rings. The van der Waals surface area contributed by atoms with E-state index in [1.54, 1.807) is 0 Å². The minimum Gasteiger partial charge on any atom is -0.533 e. The lowest BCUT2D eigenvalue weighted by molar-refractivity contribution is 0.550. The van der Waals surface area contributed by atoms with Crippen LogP contribution in [0.3, 0.4) is 0 Å². The van der Waals surface area contributed by atoms with Crippen LogP contribution in [0, 0.1) is 0 Å². The monoisotopic (exact) mass is 427 g/mol. The molecule has 0 N–H and O–H groups in total. The van der Waals surface area contributed by atoms with Crippen molar-refractivity contribution in [2.24, 2.45) is 0 Å². The third-order valence-corrected chi connectivity index (χ3v) is 7.75. The van der Waals surface area contributed by atoms with Gasteiger partial charge in [0.25, 0.3) is 0 Å². The molecule has 5 rings (SSSR count). The molecule has 0 spiro atoms. The van der Waals surface area contributed by atoms with Crippen molar-refractivity contribution in [1.82, 2.24) is 0 Å². The number of rotatable bonds is 6. The van der Waals surface area contributed by atoms with E-state index in [1.165, 1.54) is 32.3 Å². The van der Waals surface area contributed by atoms with Crippen molar-refractivity contribution in [2.45, 2.75) is 0 Å². The van der Waals surface area contributed by atoms with Crippen LogP contribution in [0.5, 0.6) is 0 Å². The lowest BCUT2D eigenvalue weighted by Crippen LogP contribution is -2.44. The Bertz CT molecular complexity index is 1300. The van der Waals surface area contributed by atoms with E-state index in [9.17, 15) is 0 Å². The summed E-state index contributed by atoms with van der Waals surface area (Å²) in [6.45, 7) is 4.26. The third kappa shape index (κ3) is 4.27. The van der Waals surface area contributed by atoms with Gasteiger partial charge in [-0.25, -0.2) is 0 Å². The van der Waals surface area contributed by atoms with E-state index >= 15 is 0 Å². The first-order valence-corrected chi connectivity index (χ1v) is 12.1. The summed E-state index contributed by atoms with van der Waals surface area (Å²) in [5, 5.41) is 4.92. The van der Waals surface area contributed by atoms with Crippen LogP contribution < -0.4 is 10.4 Å². The Morgan fingerprint density at radius 3 is 1.69 bits per heavy atom. The van der Waals surface area contributed by atoms with Gasteiger partial charge in [0.2, 0.25) is 0 Å². The standard InChI is InChI=1S/C30H23OSi/c1-23(31-32(29-12-4-2-5-13-29)30-14-6-3-7-15-30)24-16-18-26(19-17-24)28-21-20-25-10-8-9-11-27(25)22-28/h2-22H,1H2. The summed E-state index contributed by atoms with van der Waals surface area (Å²) in [7, 11) is -1.43. The smallest absolute Gasteiger partial charge is 0.352 e. The van der Waals surface area contributed by atoms with E-state index in [0.717, 1.165) is 5.56 Å². The molecule has 1 radical (unpaired) electrons. The van der Waals surface area contributed by atoms with E-state index in [4.69, 9.17) is 4.43 Å². The molecule has 0 heterocycles. The lowest BCUT2D eigenvalue weighted by Gasteiger charge is -2.19. The summed E-state index contributed by atoms with van der Waals surface area (Å²) < 4.78 is 6.52. The van der Waals surface area contributed by atoms with E-state index < -0.39 is 9.04 Å². The summed E-state index contributed by atoms with van der Waals surface area (Å²) in [6, 6.07) is 44.4. The van der Waals surface area contributed by atoms with Gasteiger partial charge in [-0.05, 0) is 38.3 Å². The van der Waals surface area contributed by atoms with Gasteiger partial charge in [-0.2, -0.15) is 0 Å². The Labute approximate surface area is 191 Å². The molecular weight excluding hydrogens is 404 g/mol. The van der Waals surface area contributed by atoms with Gasteiger partial charge >= 0.3 is 9.04 Å². The van der Waals surface area contributed by atoms with Crippen molar-refractivity contribution < 1.29 is 4.43 Å². The Morgan fingerprint density at radius 2 is 1.06 bits per heavy atom. The second kappa shape index (κ2) is 9.09. The summed E-state index contributed by atoms with van der Waals surface area (Å²) >= 11 is 0. The fourth-order valence-corrected chi connectivity index (χ4v) is 5.79. The van der Waals surface area contributed by atoms with Crippen LogP contribution in [0.2, 0.25) is 0 Å². The quantitative estimate of drug-likeness (QED) is 0.228. The second-order valence-corrected chi connectivity index (χ2v) is 9.74. The number of hydrogen-bond acceptors (Lipinski definition) is 1. The molecule has 32 heavy (non-hydrogen) atoms. The maximum Gasteiger partial charge on any atom is 0.352 e. The average molecular weight is 428 g/mol. The van der Waals surface area contributed by atoms with Gasteiger partial charge in [-0.1, -0.05) is 128 Å². The summed E-state index contributed by atoms with van der Waals surface area (Å²) in [5.74, 6) is 0.705. The Kier molecular flexibility index (Phi) is 5.69. The Hall–Kier alpha value is -3.88. The fraction of sp³-hybridized carbons (Fsp3) is 0. The van der Waals surface area contributed by atoms with Gasteiger partial charge in [0, 0.05) is 5.56 Å². The first-order valence-electron chi connectivity index (χ1n) is 10.7. The molecule has 153 valence electrons. The molecule has 5 aromatic carbocycles. The Morgan fingerprint density at radius 1 is 0.531 bits per heavy atom. The molecule has 0 aliphatic heterocycles. The molecule has 1 nitrogen and oxygen atoms in total. The zero-order chi connectivity index (χ0) is 21.8. The molecule has 0 aliphatic carbocycles. The minimum absolute atomic E-state index is 0.705. The summed E-state index contributed by atoms with van der Waals surface area (Å²) in [6.07, 6.45) is 0. The highest BCUT2D eigenvalue weighted by molar-refractivity contribution is 6.80. The van der Waals surface area contributed by atoms with Crippen molar-refractivity contribution in [3.63, 3.8) is 0 Å². The highest BCUT2D eigenvalue weighted by atomic mass is 28.3. The van der Waals surface area contributed by atoms with Crippen LogP contribution in [0.4, 0.5) is 0 Å². The van der Waals surface area contributed by atoms with Crippen molar-refractivity contribution in [3.8, 4) is 11.1 Å². The maximum absolute atomic E-state index is 6.52. The first-order chi connectivity index (χ1) is 15.8. The zero-order valence-electron chi connectivity index (χ0n) is 17.7. The topological polar surface area (TPSA) is 9.23 Å². The highest BCUT2D eigenvalue weighted by Gasteiger charge is 2.22. The van der Waals surface area contributed by atoms with E-state index in [2.05, 4.69) is 122 Å².